The summed E-state index contributed by atoms with van der Waals surface area (Å²) in [5.41, 5.74) is 8.79. The first-order valence-corrected chi connectivity index (χ1v) is 7.36. The van der Waals surface area contributed by atoms with Crippen LogP contribution in [0.25, 0.3) is 22.4 Å². The van der Waals surface area contributed by atoms with Crippen LogP contribution in [0.4, 0.5) is 5.69 Å². The lowest BCUT2D eigenvalue weighted by molar-refractivity contribution is 0.726. The van der Waals surface area contributed by atoms with Crippen LogP contribution < -0.4 is 11.3 Å². The van der Waals surface area contributed by atoms with E-state index in [0.29, 0.717) is 33.7 Å². The van der Waals surface area contributed by atoms with Crippen molar-refractivity contribution in [3.05, 3.63) is 52.4 Å². The Balaban J connectivity index is 2.08. The predicted molar refractivity (Wildman–Crippen MR) is 86.6 cm³/mol. The van der Waals surface area contributed by atoms with Gasteiger partial charge in [-0.1, -0.05) is 12.1 Å². The Morgan fingerprint density at radius 1 is 1.30 bits per heavy atom. The topological polar surface area (TPSA) is 97.6 Å². The largest absolute Gasteiger partial charge is 0.397 e. The SMILES string of the molecule is N#Cc1cccc(-c2nc3c(N)ccnc3n(C3CC3)c2=O)c1. The fourth-order valence-electron chi connectivity index (χ4n) is 2.71. The molecule has 0 unspecified atom stereocenters. The van der Waals surface area contributed by atoms with Crippen molar-refractivity contribution in [1.29, 1.82) is 5.26 Å². The number of nitrogens with zero attached hydrogens (tertiary/aromatic N) is 4. The predicted octanol–water partition coefficient (Wildman–Crippen LogP) is 2.25. The summed E-state index contributed by atoms with van der Waals surface area (Å²) in [5.74, 6) is 0. The Morgan fingerprint density at radius 2 is 2.13 bits per heavy atom. The second-order valence-corrected chi connectivity index (χ2v) is 5.63. The molecule has 0 atom stereocenters. The van der Waals surface area contributed by atoms with Crippen LogP contribution in [0.1, 0.15) is 24.4 Å². The molecule has 6 nitrogen and oxygen atoms in total. The molecule has 4 rings (SSSR count). The van der Waals surface area contributed by atoms with Crippen molar-refractivity contribution in [2.24, 2.45) is 0 Å². The lowest BCUT2D eigenvalue weighted by Gasteiger charge is -2.11. The van der Waals surface area contributed by atoms with Crippen molar-refractivity contribution in [2.75, 3.05) is 5.73 Å². The molecule has 0 aliphatic heterocycles. The number of aromatic nitrogens is 3. The summed E-state index contributed by atoms with van der Waals surface area (Å²) in [6.07, 6.45) is 3.49. The summed E-state index contributed by atoms with van der Waals surface area (Å²) in [6, 6.07) is 10.8. The maximum absolute atomic E-state index is 12.9. The third-order valence-electron chi connectivity index (χ3n) is 3.99. The number of nitrogen functional groups attached to an aromatic ring is 1. The minimum atomic E-state index is -0.187. The minimum Gasteiger partial charge on any atom is -0.397 e. The highest BCUT2D eigenvalue weighted by molar-refractivity contribution is 5.85. The molecule has 6 heteroatoms. The Bertz CT molecular complexity index is 1030. The van der Waals surface area contributed by atoms with Crippen LogP contribution in [0.3, 0.4) is 0 Å². The van der Waals surface area contributed by atoms with E-state index < -0.39 is 0 Å². The van der Waals surface area contributed by atoms with E-state index in [4.69, 9.17) is 11.0 Å². The first kappa shape index (κ1) is 13.5. The van der Waals surface area contributed by atoms with Crippen molar-refractivity contribution in [3.8, 4) is 17.3 Å². The molecule has 0 radical (unpaired) electrons. The lowest BCUT2D eigenvalue weighted by atomic mass is 10.1. The zero-order valence-electron chi connectivity index (χ0n) is 12.2. The number of hydrogen-bond acceptors (Lipinski definition) is 5. The van der Waals surface area contributed by atoms with Crippen molar-refractivity contribution in [3.63, 3.8) is 0 Å². The smallest absolute Gasteiger partial charge is 0.279 e. The molecule has 2 aromatic heterocycles. The number of benzene rings is 1. The Kier molecular flexibility index (Phi) is 2.88. The molecule has 0 spiro atoms. The second-order valence-electron chi connectivity index (χ2n) is 5.63. The van der Waals surface area contributed by atoms with Gasteiger partial charge in [-0.05, 0) is 31.0 Å². The molecule has 1 aliphatic carbocycles. The van der Waals surface area contributed by atoms with Gasteiger partial charge in [-0.3, -0.25) is 9.36 Å². The van der Waals surface area contributed by atoms with E-state index in [1.54, 1.807) is 41.1 Å². The average molecular weight is 303 g/mol. The van der Waals surface area contributed by atoms with E-state index in [0.717, 1.165) is 12.8 Å². The third-order valence-corrected chi connectivity index (χ3v) is 3.99. The van der Waals surface area contributed by atoms with E-state index in [-0.39, 0.29) is 11.6 Å². The molecule has 0 amide bonds. The first-order chi connectivity index (χ1) is 11.2. The summed E-state index contributed by atoms with van der Waals surface area (Å²) in [6.45, 7) is 0. The molecule has 2 N–H and O–H groups in total. The highest BCUT2D eigenvalue weighted by Gasteiger charge is 2.29. The molecule has 2 heterocycles. The summed E-state index contributed by atoms with van der Waals surface area (Å²) < 4.78 is 1.69. The number of hydrogen-bond donors (Lipinski definition) is 1. The Morgan fingerprint density at radius 3 is 2.87 bits per heavy atom. The molecule has 1 aromatic carbocycles. The summed E-state index contributed by atoms with van der Waals surface area (Å²) in [5, 5.41) is 9.06. The number of pyridine rings is 1. The van der Waals surface area contributed by atoms with Gasteiger partial charge in [-0.15, -0.1) is 0 Å². The minimum absolute atomic E-state index is 0.153. The van der Waals surface area contributed by atoms with Gasteiger partial charge in [0.25, 0.3) is 5.56 Å². The van der Waals surface area contributed by atoms with Crippen LogP contribution in [0, 0.1) is 11.3 Å². The molecule has 1 aliphatic rings. The fraction of sp³-hybridized carbons (Fsp3) is 0.176. The molecule has 1 saturated carbocycles. The highest BCUT2D eigenvalue weighted by atomic mass is 16.1. The van der Waals surface area contributed by atoms with Crippen molar-refractivity contribution in [2.45, 2.75) is 18.9 Å². The molecular formula is C17H13N5O. The van der Waals surface area contributed by atoms with Crippen LogP contribution in [0.5, 0.6) is 0 Å². The van der Waals surface area contributed by atoms with Crippen molar-refractivity contribution >= 4 is 16.9 Å². The van der Waals surface area contributed by atoms with Gasteiger partial charge in [0.15, 0.2) is 5.65 Å². The Hall–Kier alpha value is -3.20. The highest BCUT2D eigenvalue weighted by Crippen LogP contribution is 2.36. The van der Waals surface area contributed by atoms with Gasteiger partial charge in [-0.2, -0.15) is 5.26 Å². The van der Waals surface area contributed by atoms with E-state index in [1.165, 1.54) is 0 Å². The second kappa shape index (κ2) is 4.92. The van der Waals surface area contributed by atoms with Gasteiger partial charge < -0.3 is 5.73 Å². The van der Waals surface area contributed by atoms with E-state index >= 15 is 0 Å². The quantitative estimate of drug-likeness (QED) is 0.783. The van der Waals surface area contributed by atoms with Gasteiger partial charge >= 0.3 is 0 Å². The summed E-state index contributed by atoms with van der Waals surface area (Å²) in [7, 11) is 0. The maximum Gasteiger partial charge on any atom is 0.279 e. The lowest BCUT2D eigenvalue weighted by Crippen LogP contribution is -2.24. The van der Waals surface area contributed by atoms with Gasteiger partial charge in [0.05, 0.1) is 17.3 Å². The fourth-order valence-corrected chi connectivity index (χ4v) is 2.71. The molecule has 0 saturated heterocycles. The van der Waals surface area contributed by atoms with E-state index in [9.17, 15) is 4.79 Å². The van der Waals surface area contributed by atoms with Crippen LogP contribution in [-0.2, 0) is 0 Å². The zero-order valence-corrected chi connectivity index (χ0v) is 12.2. The Labute approximate surface area is 131 Å². The van der Waals surface area contributed by atoms with Gasteiger partial charge in [-0.25, -0.2) is 9.97 Å². The molecule has 1 fully saturated rings. The number of nitrogens with two attached hydrogens (primary N) is 1. The standard InChI is InChI=1S/C17H13N5O/c18-9-10-2-1-3-11(8-10)14-17(23)22(12-4-5-12)16-15(21-14)13(19)6-7-20-16/h1-3,6-8,12H,4-5H2,(H2,19,20). The van der Waals surface area contributed by atoms with E-state index in [2.05, 4.69) is 16.0 Å². The molecule has 112 valence electrons. The summed E-state index contributed by atoms with van der Waals surface area (Å²) >= 11 is 0. The molecular weight excluding hydrogens is 290 g/mol. The van der Waals surface area contributed by atoms with Crippen LogP contribution in [0.15, 0.2) is 41.3 Å². The number of anilines is 1. The van der Waals surface area contributed by atoms with Gasteiger partial charge in [0.2, 0.25) is 0 Å². The average Bonchev–Trinajstić information content (AvgIpc) is 3.39. The van der Waals surface area contributed by atoms with Crippen molar-refractivity contribution < 1.29 is 0 Å². The molecule has 23 heavy (non-hydrogen) atoms. The molecule has 3 aromatic rings. The van der Waals surface area contributed by atoms with Crippen LogP contribution in [0.2, 0.25) is 0 Å². The van der Waals surface area contributed by atoms with Crippen LogP contribution >= 0.6 is 0 Å². The van der Waals surface area contributed by atoms with Gasteiger partial charge in [0.1, 0.15) is 11.2 Å². The number of nitriles is 1. The van der Waals surface area contributed by atoms with Gasteiger partial charge in [0, 0.05) is 17.8 Å². The first-order valence-electron chi connectivity index (χ1n) is 7.36. The third kappa shape index (κ3) is 2.14. The van der Waals surface area contributed by atoms with Crippen LogP contribution in [-0.4, -0.2) is 14.5 Å². The van der Waals surface area contributed by atoms with Crippen molar-refractivity contribution in [1.82, 2.24) is 14.5 Å². The normalized spacial score (nSPS) is 13.9. The summed E-state index contributed by atoms with van der Waals surface area (Å²) in [4.78, 5) is 21.7. The van der Waals surface area contributed by atoms with E-state index in [1.807, 2.05) is 0 Å². The number of fused-ring (bicyclic) bond motifs is 1. The maximum atomic E-state index is 12.9. The number of rotatable bonds is 2. The molecule has 0 bridgehead atoms. The zero-order chi connectivity index (χ0) is 16.0. The monoisotopic (exact) mass is 303 g/mol.